The average molecular weight is 395 g/mol. The Bertz CT molecular complexity index is 953. The van der Waals surface area contributed by atoms with E-state index in [4.69, 9.17) is 0 Å². The van der Waals surface area contributed by atoms with Gasteiger partial charge in [0.1, 0.15) is 12.6 Å². The third-order valence-electron chi connectivity index (χ3n) is 4.65. The van der Waals surface area contributed by atoms with Gasteiger partial charge in [-0.05, 0) is 50.2 Å². The molecule has 4 amide bonds. The number of urea groups is 1. The van der Waals surface area contributed by atoms with E-state index in [-0.39, 0.29) is 0 Å². The molecule has 1 fully saturated rings. The summed E-state index contributed by atoms with van der Waals surface area (Å²) in [7, 11) is 1.28. The lowest BCUT2D eigenvalue weighted by atomic mass is 10.2. The van der Waals surface area contributed by atoms with Gasteiger partial charge in [0.25, 0.3) is 5.91 Å². The topological polar surface area (TPSA) is 96.0 Å². The first kappa shape index (κ1) is 20.1. The molecule has 0 aromatic heterocycles. The lowest BCUT2D eigenvalue weighted by Gasteiger charge is -2.19. The molecule has 2 aromatic carbocycles. The molecular weight excluding hydrogens is 374 g/mol. The predicted octanol–water partition coefficient (Wildman–Crippen LogP) is 2.58. The Balaban J connectivity index is 1.68. The standard InChI is InChI=1S/C21H21N3O5/c1-13-4-10-17(11-5-13)24-14(2)19(26)23(21(24)28)12-18(25)22-16-8-6-15(7-9-16)20(27)29-3/h4-11,14H,12H2,1-3H3,(H,22,25)/t14-/m0/s1. The Hall–Kier alpha value is -3.68. The number of hydrogen-bond acceptors (Lipinski definition) is 5. The third kappa shape index (κ3) is 4.11. The number of amides is 4. The zero-order chi connectivity index (χ0) is 21.1. The van der Waals surface area contributed by atoms with Crippen LogP contribution in [0, 0.1) is 6.92 Å². The molecule has 0 radical (unpaired) electrons. The molecule has 1 saturated heterocycles. The van der Waals surface area contributed by atoms with E-state index < -0.39 is 36.4 Å². The molecule has 0 saturated carbocycles. The van der Waals surface area contributed by atoms with Crippen LogP contribution in [0.15, 0.2) is 48.5 Å². The number of benzene rings is 2. The highest BCUT2D eigenvalue weighted by Crippen LogP contribution is 2.26. The molecule has 1 aliphatic heterocycles. The number of imide groups is 1. The number of ether oxygens (including phenoxy) is 1. The molecule has 0 aliphatic carbocycles. The van der Waals surface area contributed by atoms with Crippen LogP contribution in [-0.2, 0) is 14.3 Å². The van der Waals surface area contributed by atoms with E-state index in [2.05, 4.69) is 10.1 Å². The van der Waals surface area contributed by atoms with Crippen LogP contribution in [-0.4, -0.2) is 48.4 Å². The molecule has 0 bridgehead atoms. The SMILES string of the molecule is COC(=O)c1ccc(NC(=O)CN2C(=O)[C@H](C)N(c3ccc(C)cc3)C2=O)cc1. The Morgan fingerprint density at radius 3 is 2.24 bits per heavy atom. The predicted molar refractivity (Wildman–Crippen MR) is 107 cm³/mol. The monoisotopic (exact) mass is 395 g/mol. The van der Waals surface area contributed by atoms with Crippen LogP contribution in [0.25, 0.3) is 0 Å². The number of rotatable bonds is 5. The fraction of sp³-hybridized carbons (Fsp3) is 0.238. The number of carbonyl (C=O) groups excluding carboxylic acids is 4. The molecule has 1 atom stereocenters. The van der Waals surface area contributed by atoms with Crippen LogP contribution in [0.3, 0.4) is 0 Å². The van der Waals surface area contributed by atoms with E-state index >= 15 is 0 Å². The number of aryl methyl sites for hydroxylation is 1. The molecule has 29 heavy (non-hydrogen) atoms. The summed E-state index contributed by atoms with van der Waals surface area (Å²) in [5, 5.41) is 2.62. The van der Waals surface area contributed by atoms with E-state index in [9.17, 15) is 19.2 Å². The zero-order valence-electron chi connectivity index (χ0n) is 16.3. The third-order valence-corrected chi connectivity index (χ3v) is 4.65. The molecule has 3 rings (SSSR count). The average Bonchev–Trinajstić information content (AvgIpc) is 2.92. The maximum Gasteiger partial charge on any atom is 0.337 e. The molecule has 1 aliphatic rings. The van der Waals surface area contributed by atoms with Crippen molar-refractivity contribution >= 4 is 35.2 Å². The summed E-state index contributed by atoms with van der Waals surface area (Å²) in [5.74, 6) is -1.44. The normalized spacial score (nSPS) is 16.2. The van der Waals surface area contributed by atoms with Crippen molar-refractivity contribution in [2.45, 2.75) is 19.9 Å². The van der Waals surface area contributed by atoms with Gasteiger partial charge in [-0.15, -0.1) is 0 Å². The number of anilines is 2. The molecular formula is C21H21N3O5. The van der Waals surface area contributed by atoms with Gasteiger partial charge in [0, 0.05) is 11.4 Å². The van der Waals surface area contributed by atoms with E-state index in [1.807, 2.05) is 19.1 Å². The summed E-state index contributed by atoms with van der Waals surface area (Å²) in [5.41, 5.74) is 2.42. The number of nitrogens with zero attached hydrogens (tertiary/aromatic N) is 2. The Labute approximate surface area is 168 Å². The van der Waals surface area contributed by atoms with Gasteiger partial charge in [-0.2, -0.15) is 0 Å². The maximum atomic E-state index is 12.8. The molecule has 2 aromatic rings. The van der Waals surface area contributed by atoms with Gasteiger partial charge >= 0.3 is 12.0 Å². The highest BCUT2D eigenvalue weighted by Gasteiger charge is 2.44. The lowest BCUT2D eigenvalue weighted by molar-refractivity contribution is -0.130. The van der Waals surface area contributed by atoms with Crippen LogP contribution in [0.1, 0.15) is 22.8 Å². The molecule has 1 heterocycles. The first-order chi connectivity index (χ1) is 13.8. The highest BCUT2D eigenvalue weighted by atomic mass is 16.5. The second kappa shape index (κ2) is 8.14. The van der Waals surface area contributed by atoms with Gasteiger partial charge in [0.15, 0.2) is 0 Å². The van der Waals surface area contributed by atoms with Gasteiger partial charge < -0.3 is 10.1 Å². The summed E-state index contributed by atoms with van der Waals surface area (Å²) < 4.78 is 4.62. The zero-order valence-corrected chi connectivity index (χ0v) is 16.3. The summed E-state index contributed by atoms with van der Waals surface area (Å²) in [6.07, 6.45) is 0. The van der Waals surface area contributed by atoms with Crippen LogP contribution < -0.4 is 10.2 Å². The van der Waals surface area contributed by atoms with Gasteiger partial charge in [-0.3, -0.25) is 19.4 Å². The van der Waals surface area contributed by atoms with Crippen molar-refractivity contribution in [3.05, 3.63) is 59.7 Å². The fourth-order valence-corrected chi connectivity index (χ4v) is 3.06. The van der Waals surface area contributed by atoms with E-state index in [1.165, 1.54) is 24.1 Å². The first-order valence-electron chi connectivity index (χ1n) is 9.01. The summed E-state index contributed by atoms with van der Waals surface area (Å²) in [6.45, 7) is 3.16. The van der Waals surface area contributed by atoms with Gasteiger partial charge in [-0.25, -0.2) is 9.59 Å². The molecule has 8 nitrogen and oxygen atoms in total. The first-order valence-corrected chi connectivity index (χ1v) is 9.01. The van der Waals surface area contributed by atoms with Gasteiger partial charge in [0.05, 0.1) is 12.7 Å². The van der Waals surface area contributed by atoms with Crippen LogP contribution in [0.4, 0.5) is 16.2 Å². The molecule has 1 N–H and O–H groups in total. The van der Waals surface area contributed by atoms with Crippen molar-refractivity contribution < 1.29 is 23.9 Å². The number of carbonyl (C=O) groups is 4. The number of nitrogens with one attached hydrogen (secondary N) is 1. The van der Waals surface area contributed by atoms with Crippen LogP contribution >= 0.6 is 0 Å². The maximum absolute atomic E-state index is 12.8. The van der Waals surface area contributed by atoms with Gasteiger partial charge in [-0.1, -0.05) is 17.7 Å². The summed E-state index contributed by atoms with van der Waals surface area (Å²) in [6, 6.07) is 12.1. The second-order valence-electron chi connectivity index (χ2n) is 6.71. The summed E-state index contributed by atoms with van der Waals surface area (Å²) in [4.78, 5) is 51.4. The van der Waals surface area contributed by atoms with Crippen molar-refractivity contribution in [1.82, 2.24) is 4.90 Å². The van der Waals surface area contributed by atoms with E-state index in [0.29, 0.717) is 16.9 Å². The Kier molecular flexibility index (Phi) is 5.63. The molecule has 0 unspecified atom stereocenters. The number of hydrogen-bond donors (Lipinski definition) is 1. The van der Waals surface area contributed by atoms with Crippen LogP contribution in [0.5, 0.6) is 0 Å². The molecule has 150 valence electrons. The quantitative estimate of drug-likeness (QED) is 0.620. The van der Waals surface area contributed by atoms with Crippen molar-refractivity contribution in [3.63, 3.8) is 0 Å². The van der Waals surface area contributed by atoms with Crippen LogP contribution in [0.2, 0.25) is 0 Å². The minimum atomic E-state index is -0.697. The fourth-order valence-electron chi connectivity index (χ4n) is 3.06. The van der Waals surface area contributed by atoms with E-state index in [1.54, 1.807) is 31.2 Å². The van der Waals surface area contributed by atoms with Crippen molar-refractivity contribution in [2.24, 2.45) is 0 Å². The Morgan fingerprint density at radius 1 is 1.03 bits per heavy atom. The molecule has 0 spiro atoms. The largest absolute Gasteiger partial charge is 0.465 e. The van der Waals surface area contributed by atoms with Crippen molar-refractivity contribution in [1.29, 1.82) is 0 Å². The van der Waals surface area contributed by atoms with Crippen molar-refractivity contribution in [2.75, 3.05) is 23.9 Å². The number of esters is 1. The lowest BCUT2D eigenvalue weighted by Crippen LogP contribution is -2.39. The number of methoxy groups -OCH3 is 1. The smallest absolute Gasteiger partial charge is 0.337 e. The Morgan fingerprint density at radius 2 is 1.66 bits per heavy atom. The van der Waals surface area contributed by atoms with Crippen molar-refractivity contribution in [3.8, 4) is 0 Å². The highest BCUT2D eigenvalue weighted by molar-refractivity contribution is 6.16. The minimum Gasteiger partial charge on any atom is -0.465 e. The second-order valence-corrected chi connectivity index (χ2v) is 6.71. The van der Waals surface area contributed by atoms with Gasteiger partial charge in [0.2, 0.25) is 5.91 Å². The summed E-state index contributed by atoms with van der Waals surface area (Å²) >= 11 is 0. The minimum absolute atomic E-state index is 0.345. The molecule has 8 heteroatoms. The van der Waals surface area contributed by atoms with E-state index in [0.717, 1.165) is 10.5 Å².